The van der Waals surface area contributed by atoms with Crippen molar-refractivity contribution in [3.05, 3.63) is 58.0 Å². The molecule has 1 unspecified atom stereocenters. The molecule has 0 spiro atoms. The van der Waals surface area contributed by atoms with Gasteiger partial charge in [0.05, 0.1) is 13.2 Å². The van der Waals surface area contributed by atoms with E-state index < -0.39 is 0 Å². The van der Waals surface area contributed by atoms with Gasteiger partial charge in [-0.1, -0.05) is 18.2 Å². The summed E-state index contributed by atoms with van der Waals surface area (Å²) in [5, 5.41) is 5.59. The average Bonchev–Trinajstić information content (AvgIpc) is 3.06. The second-order valence-electron chi connectivity index (χ2n) is 5.43. The van der Waals surface area contributed by atoms with Crippen LogP contribution >= 0.6 is 11.3 Å². The van der Waals surface area contributed by atoms with Crippen LogP contribution in [0.1, 0.15) is 16.5 Å². The van der Waals surface area contributed by atoms with Crippen molar-refractivity contribution in [3.63, 3.8) is 0 Å². The van der Waals surface area contributed by atoms with Crippen LogP contribution < -0.4 is 5.32 Å². The van der Waals surface area contributed by atoms with Crippen molar-refractivity contribution in [2.75, 3.05) is 32.8 Å². The van der Waals surface area contributed by atoms with Crippen LogP contribution in [-0.2, 0) is 11.3 Å². The summed E-state index contributed by atoms with van der Waals surface area (Å²) in [6.07, 6.45) is 0. The van der Waals surface area contributed by atoms with Crippen LogP contribution in [0.15, 0.2) is 41.8 Å². The first-order valence-electron chi connectivity index (χ1n) is 7.63. The van der Waals surface area contributed by atoms with Gasteiger partial charge in [-0.15, -0.1) is 11.3 Å². The third-order valence-corrected chi connectivity index (χ3v) is 4.81. The highest BCUT2D eigenvalue weighted by Gasteiger charge is 2.22. The first-order chi connectivity index (χ1) is 10.8. The van der Waals surface area contributed by atoms with Crippen molar-refractivity contribution in [1.82, 2.24) is 10.2 Å². The van der Waals surface area contributed by atoms with E-state index in [0.29, 0.717) is 0 Å². The minimum atomic E-state index is -0.172. The van der Waals surface area contributed by atoms with E-state index in [2.05, 4.69) is 27.7 Å². The van der Waals surface area contributed by atoms with Crippen molar-refractivity contribution in [2.24, 2.45) is 0 Å². The Morgan fingerprint density at radius 2 is 2.09 bits per heavy atom. The van der Waals surface area contributed by atoms with Gasteiger partial charge < -0.3 is 10.1 Å². The molecule has 3 rings (SSSR count). The fourth-order valence-electron chi connectivity index (χ4n) is 2.81. The quantitative estimate of drug-likeness (QED) is 0.885. The zero-order valence-electron chi connectivity index (χ0n) is 12.5. The molecule has 1 aliphatic heterocycles. The summed E-state index contributed by atoms with van der Waals surface area (Å²) in [7, 11) is 0. The number of rotatable bonds is 6. The molecule has 0 bridgehead atoms. The highest BCUT2D eigenvalue weighted by Crippen LogP contribution is 2.22. The molecule has 1 aromatic carbocycles. The summed E-state index contributed by atoms with van der Waals surface area (Å²) in [6.45, 7) is 4.94. The summed E-state index contributed by atoms with van der Waals surface area (Å²) >= 11 is 1.75. The van der Waals surface area contributed by atoms with Crippen LogP contribution in [0.3, 0.4) is 0 Å². The lowest BCUT2D eigenvalue weighted by molar-refractivity contribution is 0.0160. The largest absolute Gasteiger partial charge is 0.379 e. The molecule has 118 valence electrons. The fraction of sp³-hybridized carbons (Fsp3) is 0.412. The smallest absolute Gasteiger partial charge is 0.123 e. The van der Waals surface area contributed by atoms with Gasteiger partial charge in [0.15, 0.2) is 0 Å². The topological polar surface area (TPSA) is 24.5 Å². The molecule has 2 aromatic rings. The fourth-order valence-corrected chi connectivity index (χ4v) is 3.48. The normalized spacial score (nSPS) is 17.5. The maximum absolute atomic E-state index is 13.6. The van der Waals surface area contributed by atoms with Crippen LogP contribution in [0.4, 0.5) is 4.39 Å². The van der Waals surface area contributed by atoms with Gasteiger partial charge >= 0.3 is 0 Å². The molecule has 0 amide bonds. The minimum Gasteiger partial charge on any atom is -0.379 e. The Labute approximate surface area is 134 Å². The van der Waals surface area contributed by atoms with Gasteiger partial charge in [-0.25, -0.2) is 4.39 Å². The second-order valence-corrected chi connectivity index (χ2v) is 6.46. The molecule has 1 atom stereocenters. The summed E-state index contributed by atoms with van der Waals surface area (Å²) < 4.78 is 19.0. The van der Waals surface area contributed by atoms with Crippen molar-refractivity contribution < 1.29 is 9.13 Å². The van der Waals surface area contributed by atoms with E-state index in [1.54, 1.807) is 23.5 Å². The minimum absolute atomic E-state index is 0.172. The van der Waals surface area contributed by atoms with Crippen LogP contribution in [0.2, 0.25) is 0 Å². The van der Waals surface area contributed by atoms with Crippen LogP contribution in [0.5, 0.6) is 0 Å². The molecule has 22 heavy (non-hydrogen) atoms. The molecule has 3 nitrogen and oxygen atoms in total. The number of benzene rings is 1. The molecule has 1 fully saturated rings. The number of halogens is 1. The Balaban J connectivity index is 1.67. The molecular weight excluding hydrogens is 299 g/mol. The number of thiophene rings is 1. The molecular formula is C17H21FN2OS. The lowest BCUT2D eigenvalue weighted by Gasteiger charge is -2.35. The van der Waals surface area contributed by atoms with E-state index in [0.717, 1.165) is 45.0 Å². The summed E-state index contributed by atoms with van der Waals surface area (Å²) in [6, 6.07) is 11.3. The van der Waals surface area contributed by atoms with Gasteiger partial charge in [0, 0.05) is 37.1 Å². The SMILES string of the molecule is Fc1cccc(C(CNCc2cccs2)N2CCOCC2)c1. The van der Waals surface area contributed by atoms with Crippen molar-refractivity contribution in [3.8, 4) is 0 Å². The van der Waals surface area contributed by atoms with E-state index in [-0.39, 0.29) is 11.9 Å². The third kappa shape index (κ3) is 4.14. The van der Waals surface area contributed by atoms with Crippen LogP contribution in [-0.4, -0.2) is 37.7 Å². The lowest BCUT2D eigenvalue weighted by atomic mass is 10.0. The molecule has 1 N–H and O–H groups in total. The number of ether oxygens (including phenoxy) is 1. The Kier molecular flexibility index (Phi) is 5.56. The van der Waals surface area contributed by atoms with E-state index >= 15 is 0 Å². The Bertz CT molecular complexity index is 570. The molecule has 0 radical (unpaired) electrons. The molecule has 0 saturated carbocycles. The Morgan fingerprint density at radius 1 is 1.23 bits per heavy atom. The van der Waals surface area contributed by atoms with Gasteiger partial charge in [0.1, 0.15) is 5.82 Å². The average molecular weight is 320 g/mol. The first-order valence-corrected chi connectivity index (χ1v) is 8.51. The molecule has 0 aliphatic carbocycles. The van der Waals surface area contributed by atoms with E-state index in [9.17, 15) is 4.39 Å². The monoisotopic (exact) mass is 320 g/mol. The number of nitrogens with one attached hydrogen (secondary N) is 1. The van der Waals surface area contributed by atoms with Gasteiger partial charge in [-0.3, -0.25) is 4.90 Å². The van der Waals surface area contributed by atoms with Gasteiger partial charge in [0.25, 0.3) is 0 Å². The second kappa shape index (κ2) is 7.83. The van der Waals surface area contributed by atoms with Crippen LogP contribution in [0.25, 0.3) is 0 Å². The highest BCUT2D eigenvalue weighted by molar-refractivity contribution is 7.09. The number of nitrogens with zero attached hydrogens (tertiary/aromatic N) is 1. The predicted molar refractivity (Wildman–Crippen MR) is 87.6 cm³/mol. The van der Waals surface area contributed by atoms with E-state index in [4.69, 9.17) is 4.74 Å². The van der Waals surface area contributed by atoms with E-state index in [1.165, 1.54) is 10.9 Å². The molecule has 1 aromatic heterocycles. The van der Waals surface area contributed by atoms with Gasteiger partial charge in [-0.05, 0) is 29.1 Å². The van der Waals surface area contributed by atoms with Crippen molar-refractivity contribution in [2.45, 2.75) is 12.6 Å². The number of hydrogen-bond acceptors (Lipinski definition) is 4. The number of morpholine rings is 1. The van der Waals surface area contributed by atoms with E-state index in [1.807, 2.05) is 6.07 Å². The third-order valence-electron chi connectivity index (χ3n) is 3.94. The standard InChI is InChI=1S/C17H21FN2OS/c18-15-4-1-3-14(11-15)17(20-6-8-21-9-7-20)13-19-12-16-5-2-10-22-16/h1-5,10-11,17,19H,6-9,12-13H2. The molecule has 2 heterocycles. The van der Waals surface area contributed by atoms with Crippen LogP contribution in [0, 0.1) is 5.82 Å². The first kappa shape index (κ1) is 15.6. The zero-order valence-corrected chi connectivity index (χ0v) is 13.3. The van der Waals surface area contributed by atoms with Crippen molar-refractivity contribution >= 4 is 11.3 Å². The highest BCUT2D eigenvalue weighted by atomic mass is 32.1. The summed E-state index contributed by atoms with van der Waals surface area (Å²) in [5.74, 6) is -0.172. The summed E-state index contributed by atoms with van der Waals surface area (Å²) in [5.41, 5.74) is 1.03. The zero-order chi connectivity index (χ0) is 15.2. The van der Waals surface area contributed by atoms with Crippen molar-refractivity contribution in [1.29, 1.82) is 0 Å². The number of hydrogen-bond donors (Lipinski definition) is 1. The molecule has 1 aliphatic rings. The maximum Gasteiger partial charge on any atom is 0.123 e. The lowest BCUT2D eigenvalue weighted by Crippen LogP contribution is -2.42. The summed E-state index contributed by atoms with van der Waals surface area (Å²) in [4.78, 5) is 3.69. The van der Waals surface area contributed by atoms with Gasteiger partial charge in [-0.2, -0.15) is 0 Å². The van der Waals surface area contributed by atoms with Gasteiger partial charge in [0.2, 0.25) is 0 Å². The Hall–Kier alpha value is -1.27. The molecule has 5 heteroatoms. The predicted octanol–water partition coefficient (Wildman–Crippen LogP) is 3.05. The molecule has 1 saturated heterocycles. The maximum atomic E-state index is 13.6. The Morgan fingerprint density at radius 3 is 2.82 bits per heavy atom.